The van der Waals surface area contributed by atoms with Gasteiger partial charge in [-0.3, -0.25) is 4.79 Å². The van der Waals surface area contributed by atoms with Crippen LogP contribution < -0.4 is 5.73 Å². The van der Waals surface area contributed by atoms with Crippen LogP contribution in [-0.2, 0) is 9.59 Å². The van der Waals surface area contributed by atoms with Crippen LogP contribution >= 0.6 is 0 Å². The summed E-state index contributed by atoms with van der Waals surface area (Å²) in [5.74, 6) is -1.16. The van der Waals surface area contributed by atoms with Crippen molar-refractivity contribution >= 4 is 11.9 Å². The highest BCUT2D eigenvalue weighted by molar-refractivity contribution is 5.88. The van der Waals surface area contributed by atoms with E-state index in [-0.39, 0.29) is 12.5 Å². The van der Waals surface area contributed by atoms with Crippen LogP contribution in [0.15, 0.2) is 0 Å². The minimum absolute atomic E-state index is 0.112. The molecule has 1 heterocycles. The molecule has 0 aromatic carbocycles. The minimum Gasteiger partial charge on any atom is -0.479 e. The van der Waals surface area contributed by atoms with E-state index in [1.54, 1.807) is 0 Å². The van der Waals surface area contributed by atoms with Crippen molar-refractivity contribution < 1.29 is 14.7 Å². The van der Waals surface area contributed by atoms with Crippen molar-refractivity contribution in [3.8, 4) is 0 Å². The van der Waals surface area contributed by atoms with Crippen LogP contribution in [0.5, 0.6) is 0 Å². The summed E-state index contributed by atoms with van der Waals surface area (Å²) in [5.41, 5.74) is 4.29. The Labute approximate surface area is 89.2 Å². The third-order valence-electron chi connectivity index (χ3n) is 3.03. The SMILES string of the molecule is CCCC1(C(=O)O)CCCN1C(=O)CN. The number of carbonyl (C=O) groups is 2. The van der Waals surface area contributed by atoms with Crippen molar-refractivity contribution in [3.63, 3.8) is 0 Å². The molecule has 0 bridgehead atoms. The highest BCUT2D eigenvalue weighted by Crippen LogP contribution is 2.33. The first-order chi connectivity index (χ1) is 7.08. The lowest BCUT2D eigenvalue weighted by Gasteiger charge is -2.34. The van der Waals surface area contributed by atoms with Gasteiger partial charge in [-0.2, -0.15) is 0 Å². The first-order valence-electron chi connectivity index (χ1n) is 5.32. The molecule has 1 aliphatic rings. The Morgan fingerprint density at radius 1 is 1.53 bits per heavy atom. The number of aliphatic carboxylic acids is 1. The molecule has 5 heteroatoms. The molecule has 3 N–H and O–H groups in total. The van der Waals surface area contributed by atoms with Crippen LogP contribution in [0, 0.1) is 0 Å². The number of carboxylic acid groups (broad SMARTS) is 1. The maximum Gasteiger partial charge on any atom is 0.329 e. The van der Waals surface area contributed by atoms with Crippen LogP contribution in [0.2, 0.25) is 0 Å². The summed E-state index contributed by atoms with van der Waals surface area (Å²) < 4.78 is 0. The molecular weight excluding hydrogens is 196 g/mol. The normalized spacial score (nSPS) is 25.6. The number of nitrogens with zero attached hydrogens (tertiary/aromatic N) is 1. The van der Waals surface area contributed by atoms with Gasteiger partial charge in [0.05, 0.1) is 6.54 Å². The van der Waals surface area contributed by atoms with E-state index in [1.807, 2.05) is 6.92 Å². The molecule has 0 saturated carbocycles. The van der Waals surface area contributed by atoms with E-state index in [4.69, 9.17) is 5.73 Å². The van der Waals surface area contributed by atoms with E-state index in [1.165, 1.54) is 4.90 Å². The first-order valence-corrected chi connectivity index (χ1v) is 5.32. The standard InChI is InChI=1S/C10H18N2O3/c1-2-4-10(9(14)15)5-3-6-12(10)8(13)7-11/h2-7,11H2,1H3,(H,14,15). The molecule has 0 aliphatic carbocycles. The van der Waals surface area contributed by atoms with Gasteiger partial charge in [-0.1, -0.05) is 13.3 Å². The Hall–Kier alpha value is -1.10. The first kappa shape index (κ1) is 12.0. The summed E-state index contributed by atoms with van der Waals surface area (Å²) in [4.78, 5) is 24.3. The Kier molecular flexibility index (Phi) is 3.68. The zero-order chi connectivity index (χ0) is 11.5. The highest BCUT2D eigenvalue weighted by Gasteiger charge is 2.48. The molecule has 1 saturated heterocycles. The Bertz CT molecular complexity index is 265. The van der Waals surface area contributed by atoms with Gasteiger partial charge in [-0.25, -0.2) is 4.79 Å². The van der Waals surface area contributed by atoms with Gasteiger partial charge in [0, 0.05) is 6.54 Å². The zero-order valence-electron chi connectivity index (χ0n) is 9.03. The molecule has 0 aromatic heterocycles. The zero-order valence-corrected chi connectivity index (χ0v) is 9.03. The summed E-state index contributed by atoms with van der Waals surface area (Å²) in [6.45, 7) is 2.33. The Morgan fingerprint density at radius 2 is 2.20 bits per heavy atom. The van der Waals surface area contributed by atoms with E-state index in [9.17, 15) is 14.7 Å². The summed E-state index contributed by atoms with van der Waals surface area (Å²) in [6.07, 6.45) is 2.55. The second-order valence-corrected chi connectivity index (χ2v) is 3.94. The minimum atomic E-state index is -0.995. The number of nitrogens with two attached hydrogens (primary N) is 1. The number of rotatable bonds is 4. The van der Waals surface area contributed by atoms with Crippen LogP contribution in [0.3, 0.4) is 0 Å². The molecule has 1 fully saturated rings. The van der Waals surface area contributed by atoms with Gasteiger partial charge in [-0.15, -0.1) is 0 Å². The molecule has 1 amide bonds. The van der Waals surface area contributed by atoms with Crippen LogP contribution in [0.4, 0.5) is 0 Å². The smallest absolute Gasteiger partial charge is 0.329 e. The van der Waals surface area contributed by atoms with Crippen molar-refractivity contribution in [1.82, 2.24) is 4.90 Å². The van der Waals surface area contributed by atoms with Crippen LogP contribution in [0.25, 0.3) is 0 Å². The summed E-state index contributed by atoms with van der Waals surface area (Å²) >= 11 is 0. The van der Waals surface area contributed by atoms with E-state index < -0.39 is 11.5 Å². The fourth-order valence-electron chi connectivity index (χ4n) is 2.36. The fraction of sp³-hybridized carbons (Fsp3) is 0.800. The molecular formula is C10H18N2O3. The molecule has 1 atom stereocenters. The van der Waals surface area contributed by atoms with Crippen LogP contribution in [-0.4, -0.2) is 40.5 Å². The van der Waals surface area contributed by atoms with E-state index >= 15 is 0 Å². The maximum atomic E-state index is 11.5. The summed E-state index contributed by atoms with van der Waals surface area (Å²) in [6, 6.07) is 0. The Balaban J connectivity index is 2.94. The predicted molar refractivity (Wildman–Crippen MR) is 55.3 cm³/mol. The molecule has 5 nitrogen and oxygen atoms in total. The lowest BCUT2D eigenvalue weighted by atomic mass is 9.90. The van der Waals surface area contributed by atoms with Gasteiger partial charge in [0.2, 0.25) is 5.91 Å². The quantitative estimate of drug-likeness (QED) is 0.699. The molecule has 1 rings (SSSR count). The molecule has 15 heavy (non-hydrogen) atoms. The lowest BCUT2D eigenvalue weighted by molar-refractivity contribution is -0.156. The maximum absolute atomic E-state index is 11.5. The van der Waals surface area contributed by atoms with Gasteiger partial charge in [-0.05, 0) is 19.3 Å². The molecule has 0 radical (unpaired) electrons. The third-order valence-corrected chi connectivity index (χ3v) is 3.03. The molecule has 1 aliphatic heterocycles. The van der Waals surface area contributed by atoms with Gasteiger partial charge >= 0.3 is 5.97 Å². The largest absolute Gasteiger partial charge is 0.479 e. The van der Waals surface area contributed by atoms with E-state index in [2.05, 4.69) is 0 Å². The molecule has 0 aromatic rings. The topological polar surface area (TPSA) is 83.6 Å². The second kappa shape index (κ2) is 4.61. The molecule has 1 unspecified atom stereocenters. The lowest BCUT2D eigenvalue weighted by Crippen LogP contribution is -2.54. The number of hydrogen-bond acceptors (Lipinski definition) is 3. The number of carboxylic acids is 1. The molecule has 0 spiro atoms. The average Bonchev–Trinajstić information content (AvgIpc) is 2.62. The predicted octanol–water partition coefficient (Wildman–Crippen LogP) is 0.191. The van der Waals surface area contributed by atoms with Gasteiger partial charge < -0.3 is 15.7 Å². The average molecular weight is 214 g/mol. The monoisotopic (exact) mass is 214 g/mol. The number of hydrogen-bond donors (Lipinski definition) is 2. The van der Waals surface area contributed by atoms with E-state index in [0.29, 0.717) is 19.4 Å². The van der Waals surface area contributed by atoms with E-state index in [0.717, 1.165) is 12.8 Å². The highest BCUT2D eigenvalue weighted by atomic mass is 16.4. The van der Waals surface area contributed by atoms with Gasteiger partial charge in [0.15, 0.2) is 0 Å². The van der Waals surface area contributed by atoms with Crippen molar-refractivity contribution in [2.45, 2.75) is 38.1 Å². The number of carbonyl (C=O) groups excluding carboxylic acids is 1. The molecule has 86 valence electrons. The van der Waals surface area contributed by atoms with Gasteiger partial charge in [0.25, 0.3) is 0 Å². The number of likely N-dealkylation sites (tertiary alicyclic amines) is 1. The fourth-order valence-corrected chi connectivity index (χ4v) is 2.36. The van der Waals surface area contributed by atoms with Crippen molar-refractivity contribution in [2.24, 2.45) is 5.73 Å². The summed E-state index contributed by atoms with van der Waals surface area (Å²) in [7, 11) is 0. The van der Waals surface area contributed by atoms with Crippen LogP contribution in [0.1, 0.15) is 32.6 Å². The second-order valence-electron chi connectivity index (χ2n) is 3.94. The van der Waals surface area contributed by atoms with Crippen molar-refractivity contribution in [1.29, 1.82) is 0 Å². The Morgan fingerprint density at radius 3 is 2.67 bits per heavy atom. The summed E-state index contributed by atoms with van der Waals surface area (Å²) in [5, 5.41) is 9.27. The van der Waals surface area contributed by atoms with Crippen molar-refractivity contribution in [2.75, 3.05) is 13.1 Å². The third kappa shape index (κ3) is 1.97. The van der Waals surface area contributed by atoms with Gasteiger partial charge in [0.1, 0.15) is 5.54 Å². The van der Waals surface area contributed by atoms with Crippen molar-refractivity contribution in [3.05, 3.63) is 0 Å². The number of amides is 1.